The van der Waals surface area contributed by atoms with Crippen molar-refractivity contribution in [1.82, 2.24) is 14.9 Å². The van der Waals surface area contributed by atoms with Gasteiger partial charge in [-0.3, -0.25) is 9.69 Å². The van der Waals surface area contributed by atoms with E-state index in [4.69, 9.17) is 0 Å². The number of carbonyl (C=O) groups is 1. The zero-order valence-electron chi connectivity index (χ0n) is 18.6. The Bertz CT molecular complexity index is 967. The average molecular weight is 460 g/mol. The van der Waals surface area contributed by atoms with Crippen LogP contribution < -0.4 is 10.0 Å². The fourth-order valence-electron chi connectivity index (χ4n) is 3.99. The maximum absolute atomic E-state index is 13.0. The van der Waals surface area contributed by atoms with E-state index in [0.717, 1.165) is 5.56 Å². The third-order valence-electron chi connectivity index (χ3n) is 5.49. The topological polar surface area (TPSA) is 98.7 Å². The summed E-state index contributed by atoms with van der Waals surface area (Å²) in [6.45, 7) is 5.53. The molecule has 0 radical (unpaired) electrons. The highest BCUT2D eigenvalue weighted by molar-refractivity contribution is 7.88. The first-order valence-electron chi connectivity index (χ1n) is 11.0. The zero-order chi connectivity index (χ0) is 23.1. The van der Waals surface area contributed by atoms with Gasteiger partial charge in [0.1, 0.15) is 6.04 Å². The highest BCUT2D eigenvalue weighted by Crippen LogP contribution is 2.16. The molecule has 2 aromatic rings. The van der Waals surface area contributed by atoms with Gasteiger partial charge in [-0.15, -0.1) is 0 Å². The molecule has 1 aliphatic rings. The van der Waals surface area contributed by atoms with E-state index in [0.29, 0.717) is 31.6 Å². The van der Waals surface area contributed by atoms with Crippen molar-refractivity contribution in [2.24, 2.45) is 5.92 Å². The number of hydrogen-bond acceptors (Lipinski definition) is 5. The Morgan fingerprint density at radius 3 is 2.22 bits per heavy atom. The van der Waals surface area contributed by atoms with E-state index < -0.39 is 34.1 Å². The van der Waals surface area contributed by atoms with Gasteiger partial charge in [-0.05, 0) is 23.5 Å². The van der Waals surface area contributed by atoms with Gasteiger partial charge >= 0.3 is 0 Å². The number of rotatable bonds is 10. The van der Waals surface area contributed by atoms with Crippen molar-refractivity contribution in [3.8, 4) is 0 Å². The Hall–Kier alpha value is -2.26. The Labute approximate surface area is 190 Å². The monoisotopic (exact) mass is 459 g/mol. The van der Waals surface area contributed by atoms with Gasteiger partial charge in [-0.1, -0.05) is 74.5 Å². The van der Waals surface area contributed by atoms with E-state index in [1.165, 1.54) is 0 Å². The van der Waals surface area contributed by atoms with Crippen molar-refractivity contribution in [3.63, 3.8) is 0 Å². The van der Waals surface area contributed by atoms with Crippen LogP contribution in [0.3, 0.4) is 0 Å². The van der Waals surface area contributed by atoms with Crippen LogP contribution in [0.25, 0.3) is 0 Å². The summed E-state index contributed by atoms with van der Waals surface area (Å²) in [5, 5.41) is 13.4. The second kappa shape index (κ2) is 11.0. The Balaban J connectivity index is 1.61. The maximum atomic E-state index is 13.0. The molecule has 0 spiro atoms. The van der Waals surface area contributed by atoms with Gasteiger partial charge in [0.15, 0.2) is 0 Å². The summed E-state index contributed by atoms with van der Waals surface area (Å²) in [6, 6.07) is 17.5. The van der Waals surface area contributed by atoms with Gasteiger partial charge in [-0.2, -0.15) is 0 Å². The van der Waals surface area contributed by atoms with Crippen LogP contribution in [0.4, 0.5) is 0 Å². The number of nitrogens with zero attached hydrogens (tertiary/aromatic N) is 1. The largest absolute Gasteiger partial charge is 0.390 e. The first kappa shape index (κ1) is 24.4. The first-order valence-corrected chi connectivity index (χ1v) is 12.7. The lowest BCUT2D eigenvalue weighted by Crippen LogP contribution is -2.53. The average Bonchev–Trinajstić information content (AvgIpc) is 3.06. The van der Waals surface area contributed by atoms with Gasteiger partial charge in [-0.25, -0.2) is 13.1 Å². The van der Waals surface area contributed by atoms with Crippen molar-refractivity contribution in [2.45, 2.75) is 50.8 Å². The summed E-state index contributed by atoms with van der Waals surface area (Å²) in [5.41, 5.74) is 1.80. The van der Waals surface area contributed by atoms with Crippen LogP contribution >= 0.6 is 0 Å². The molecule has 0 aliphatic carbocycles. The van der Waals surface area contributed by atoms with Crippen molar-refractivity contribution in [1.29, 1.82) is 0 Å². The van der Waals surface area contributed by atoms with Gasteiger partial charge in [0.2, 0.25) is 15.9 Å². The summed E-state index contributed by atoms with van der Waals surface area (Å²) in [4.78, 5) is 15.1. The molecule has 1 amide bonds. The summed E-state index contributed by atoms with van der Waals surface area (Å²) >= 11 is 0. The molecule has 2 aromatic carbocycles. The second-order valence-corrected chi connectivity index (χ2v) is 10.7. The third kappa shape index (κ3) is 7.41. The zero-order valence-corrected chi connectivity index (χ0v) is 19.5. The van der Waals surface area contributed by atoms with Gasteiger partial charge in [0, 0.05) is 19.6 Å². The molecule has 1 fully saturated rings. The number of aliphatic hydroxyl groups excluding tert-OH is 1. The number of β-amino-alcohol motifs (C(OH)–C–C–N with tert-alkyl or cyclic N) is 1. The quantitative estimate of drug-likeness (QED) is 0.504. The van der Waals surface area contributed by atoms with E-state index in [9.17, 15) is 18.3 Å². The highest BCUT2D eigenvalue weighted by atomic mass is 32.2. The highest BCUT2D eigenvalue weighted by Gasteiger charge is 2.35. The first-order chi connectivity index (χ1) is 15.2. The Kier molecular flexibility index (Phi) is 8.42. The summed E-state index contributed by atoms with van der Waals surface area (Å²) < 4.78 is 28.0. The predicted octanol–water partition coefficient (Wildman–Crippen LogP) is 1.88. The molecule has 2 unspecified atom stereocenters. The molecule has 0 saturated carbocycles. The smallest absolute Gasteiger partial charge is 0.238 e. The minimum atomic E-state index is -3.71. The fraction of sp³-hybridized carbons (Fsp3) is 0.458. The molecule has 3 rings (SSSR count). The molecule has 8 heteroatoms. The van der Waals surface area contributed by atoms with Crippen LogP contribution in [-0.4, -0.2) is 55.6 Å². The van der Waals surface area contributed by atoms with Crippen LogP contribution in [0.5, 0.6) is 0 Å². The summed E-state index contributed by atoms with van der Waals surface area (Å²) in [6.07, 6.45) is -0.334. The van der Waals surface area contributed by atoms with Crippen LogP contribution in [0.2, 0.25) is 0 Å². The molecular weight excluding hydrogens is 426 g/mol. The molecular formula is C24H33N3O4S. The minimum absolute atomic E-state index is 0.119. The predicted molar refractivity (Wildman–Crippen MR) is 125 cm³/mol. The second-order valence-electron chi connectivity index (χ2n) is 8.91. The molecule has 1 saturated heterocycles. The maximum Gasteiger partial charge on any atom is 0.238 e. The van der Waals surface area contributed by atoms with Crippen LogP contribution in [0.15, 0.2) is 60.7 Å². The molecule has 0 aromatic heterocycles. The number of sulfonamides is 1. The lowest BCUT2D eigenvalue weighted by atomic mass is 10.0. The number of nitrogens with one attached hydrogen (secondary N) is 2. The number of likely N-dealkylation sites (tertiary alicyclic amines) is 1. The van der Waals surface area contributed by atoms with Crippen LogP contribution in [-0.2, 0) is 27.1 Å². The third-order valence-corrected chi connectivity index (χ3v) is 6.84. The lowest BCUT2D eigenvalue weighted by molar-refractivity contribution is -0.124. The van der Waals surface area contributed by atoms with Crippen molar-refractivity contribution >= 4 is 15.9 Å². The fourth-order valence-corrected chi connectivity index (χ4v) is 5.35. The molecule has 1 aliphatic heterocycles. The van der Waals surface area contributed by atoms with Crippen LogP contribution in [0.1, 0.15) is 31.4 Å². The molecule has 32 heavy (non-hydrogen) atoms. The van der Waals surface area contributed by atoms with Crippen molar-refractivity contribution in [2.75, 3.05) is 13.1 Å². The SMILES string of the molecule is CC(C)C[C@H](NS(=O)(=O)Cc1ccccc1)C(=O)NC1CN(Cc2ccccc2)CC1O. The lowest BCUT2D eigenvalue weighted by Gasteiger charge is -2.23. The van der Waals surface area contributed by atoms with E-state index in [-0.39, 0.29) is 11.7 Å². The molecule has 174 valence electrons. The van der Waals surface area contributed by atoms with Crippen molar-refractivity contribution < 1.29 is 18.3 Å². The Morgan fingerprint density at radius 1 is 1.03 bits per heavy atom. The van der Waals surface area contributed by atoms with E-state index in [2.05, 4.69) is 14.9 Å². The summed E-state index contributed by atoms with van der Waals surface area (Å²) in [5.74, 6) is -0.471. The normalized spacial score (nSPS) is 20.4. The number of benzene rings is 2. The number of hydrogen-bond donors (Lipinski definition) is 3. The molecule has 0 bridgehead atoms. The van der Waals surface area contributed by atoms with E-state index >= 15 is 0 Å². The minimum Gasteiger partial charge on any atom is -0.390 e. The molecule has 3 N–H and O–H groups in total. The van der Waals surface area contributed by atoms with Gasteiger partial charge in [0.25, 0.3) is 0 Å². The molecule has 1 heterocycles. The Morgan fingerprint density at radius 2 is 1.62 bits per heavy atom. The van der Waals surface area contributed by atoms with Crippen molar-refractivity contribution in [3.05, 3.63) is 71.8 Å². The molecule has 7 nitrogen and oxygen atoms in total. The van der Waals surface area contributed by atoms with Gasteiger partial charge in [0.05, 0.1) is 17.9 Å². The van der Waals surface area contributed by atoms with E-state index in [1.54, 1.807) is 24.3 Å². The standard InChI is InChI=1S/C24H33N3O4S/c1-18(2)13-21(26-32(30,31)17-20-11-7-4-8-12-20)24(29)25-22-15-27(16-23(22)28)14-19-9-5-3-6-10-19/h3-12,18,21-23,26,28H,13-17H2,1-2H3,(H,25,29)/t21-,22?,23?/m0/s1. The number of aliphatic hydroxyl groups is 1. The van der Waals surface area contributed by atoms with Gasteiger partial charge < -0.3 is 10.4 Å². The molecule has 3 atom stereocenters. The summed E-state index contributed by atoms with van der Waals surface area (Å²) in [7, 11) is -3.71. The number of amides is 1. The van der Waals surface area contributed by atoms with E-state index in [1.807, 2.05) is 50.2 Å². The number of carbonyl (C=O) groups excluding carboxylic acids is 1. The van der Waals surface area contributed by atoms with Crippen LogP contribution in [0, 0.1) is 5.92 Å².